The van der Waals surface area contributed by atoms with Gasteiger partial charge in [-0.15, -0.1) is 0 Å². The summed E-state index contributed by atoms with van der Waals surface area (Å²) in [7, 11) is -1.29. The van der Waals surface area contributed by atoms with Gasteiger partial charge in [0.2, 0.25) is 0 Å². The van der Waals surface area contributed by atoms with Crippen LogP contribution in [0.3, 0.4) is 0 Å². The van der Waals surface area contributed by atoms with Crippen molar-refractivity contribution in [3.05, 3.63) is 29.8 Å². The molecule has 2 aliphatic rings. The molecule has 2 fully saturated rings. The first-order valence-corrected chi connectivity index (χ1v) is 15.5. The first kappa shape index (κ1) is 25.3. The van der Waals surface area contributed by atoms with Crippen molar-refractivity contribution >= 4 is 31.8 Å². The molecule has 1 N–H and O–H groups in total. The number of sulfone groups is 1. The molecular formula is C25H32N8O3S2. The Morgan fingerprint density at radius 1 is 1.24 bits per heavy atom. The average Bonchev–Trinajstić information content (AvgIpc) is 3.53. The maximum atomic E-state index is 11.5. The number of fused-ring (bicyclic) bond motifs is 1. The van der Waals surface area contributed by atoms with E-state index < -0.39 is 9.84 Å². The summed E-state index contributed by atoms with van der Waals surface area (Å²) in [6.45, 7) is 10.9. The van der Waals surface area contributed by atoms with Gasteiger partial charge >= 0.3 is 0 Å². The highest BCUT2D eigenvalue weighted by atomic mass is 32.2. The summed E-state index contributed by atoms with van der Waals surface area (Å²) in [6.07, 6.45) is 4.74. The third-order valence-electron chi connectivity index (χ3n) is 7.44. The van der Waals surface area contributed by atoms with Gasteiger partial charge in [0, 0.05) is 61.7 Å². The second kappa shape index (κ2) is 9.02. The molecule has 0 aromatic carbocycles. The van der Waals surface area contributed by atoms with Crippen LogP contribution in [-0.2, 0) is 9.84 Å². The molecule has 11 nitrogen and oxygen atoms in total. The highest BCUT2D eigenvalue weighted by Crippen LogP contribution is 2.46. The second-order valence-electron chi connectivity index (χ2n) is 10.9. The molecule has 38 heavy (non-hydrogen) atoms. The average molecular weight is 557 g/mol. The zero-order valence-corrected chi connectivity index (χ0v) is 23.9. The van der Waals surface area contributed by atoms with E-state index in [1.54, 1.807) is 23.0 Å². The lowest BCUT2D eigenvalue weighted by Crippen LogP contribution is -2.72. The van der Waals surface area contributed by atoms with Crippen LogP contribution >= 0.6 is 11.3 Å². The minimum Gasteiger partial charge on any atom is -0.493 e. The summed E-state index contributed by atoms with van der Waals surface area (Å²) in [6, 6.07) is 1.95. The summed E-state index contributed by atoms with van der Waals surface area (Å²) >= 11 is 1.70. The zero-order valence-electron chi connectivity index (χ0n) is 22.2. The molecule has 0 aliphatic carbocycles. The van der Waals surface area contributed by atoms with Crippen molar-refractivity contribution in [3.63, 3.8) is 0 Å². The molecular weight excluding hydrogens is 524 g/mol. The maximum Gasteiger partial charge on any atom is 0.197 e. The number of nitrogens with zero attached hydrogens (tertiary/aromatic N) is 7. The van der Waals surface area contributed by atoms with Crippen molar-refractivity contribution < 1.29 is 13.2 Å². The summed E-state index contributed by atoms with van der Waals surface area (Å²) in [5, 5.41) is 14.4. The van der Waals surface area contributed by atoms with Gasteiger partial charge < -0.3 is 14.5 Å². The number of hydrogen-bond donors (Lipinski definition) is 1. The molecule has 2 aliphatic heterocycles. The fraction of sp³-hybridized carbons (Fsp3) is 0.520. The predicted molar refractivity (Wildman–Crippen MR) is 148 cm³/mol. The largest absolute Gasteiger partial charge is 0.493 e. The van der Waals surface area contributed by atoms with Crippen molar-refractivity contribution in [1.29, 1.82) is 0 Å². The summed E-state index contributed by atoms with van der Waals surface area (Å²) < 4.78 is 30.2. The van der Waals surface area contributed by atoms with Gasteiger partial charge in [-0.25, -0.2) is 22.9 Å². The number of thiazole rings is 1. The predicted octanol–water partition coefficient (Wildman–Crippen LogP) is 2.85. The van der Waals surface area contributed by atoms with Crippen LogP contribution in [0, 0.1) is 12.3 Å². The lowest BCUT2D eigenvalue weighted by molar-refractivity contribution is -0.0170. The first-order valence-electron chi connectivity index (χ1n) is 12.6. The number of anilines is 1. The standard InChI is InChI=1S/C25H32N8O3S2/c1-15(2)19-20(17-8-18(36-4)22-26-14-27-33(22)9-17)29-30-21(19)23-28-16(3)24(37-23)32-12-25(13-32)10-31(11-25)6-7-38(5,34)35/h8-9,14-15H,6-7,10-13H2,1-5H3,(H,29,30). The van der Waals surface area contributed by atoms with E-state index in [9.17, 15) is 8.42 Å². The molecule has 0 amide bonds. The molecule has 6 heterocycles. The Bertz CT molecular complexity index is 1610. The Morgan fingerprint density at radius 3 is 2.68 bits per heavy atom. The van der Waals surface area contributed by atoms with Gasteiger partial charge in [0.25, 0.3) is 0 Å². The van der Waals surface area contributed by atoms with Gasteiger partial charge in [-0.05, 0) is 18.9 Å². The number of nitrogens with one attached hydrogen (secondary N) is 1. The van der Waals surface area contributed by atoms with Crippen molar-refractivity contribution in [2.24, 2.45) is 5.41 Å². The highest BCUT2D eigenvalue weighted by molar-refractivity contribution is 7.90. The van der Waals surface area contributed by atoms with Crippen LogP contribution in [0.1, 0.15) is 31.0 Å². The monoisotopic (exact) mass is 556 g/mol. The van der Waals surface area contributed by atoms with Crippen LogP contribution in [0.5, 0.6) is 5.75 Å². The topological polar surface area (TPSA) is 122 Å². The molecule has 0 bridgehead atoms. The Kier molecular flexibility index (Phi) is 6.00. The minimum absolute atomic E-state index is 0.212. The first-order chi connectivity index (χ1) is 18.1. The molecule has 1 spiro atoms. The van der Waals surface area contributed by atoms with Crippen LogP contribution < -0.4 is 9.64 Å². The molecule has 13 heteroatoms. The van der Waals surface area contributed by atoms with Crippen molar-refractivity contribution in [3.8, 4) is 27.7 Å². The van der Waals surface area contributed by atoms with Crippen LogP contribution in [0.2, 0.25) is 0 Å². The van der Waals surface area contributed by atoms with E-state index in [2.05, 4.69) is 45.8 Å². The number of methoxy groups -OCH3 is 1. The normalized spacial score (nSPS) is 17.4. The quantitative estimate of drug-likeness (QED) is 0.349. The van der Waals surface area contributed by atoms with Crippen molar-refractivity contribution in [2.45, 2.75) is 26.7 Å². The van der Waals surface area contributed by atoms with E-state index in [1.165, 1.54) is 17.6 Å². The number of rotatable bonds is 8. The lowest BCUT2D eigenvalue weighted by Gasteiger charge is -2.60. The molecule has 0 unspecified atom stereocenters. The number of ether oxygens (including phenoxy) is 1. The van der Waals surface area contributed by atoms with Crippen molar-refractivity contribution in [2.75, 3.05) is 56.7 Å². The molecule has 202 valence electrons. The van der Waals surface area contributed by atoms with E-state index in [1.807, 2.05) is 12.3 Å². The van der Waals surface area contributed by atoms with Gasteiger partial charge in [0.05, 0.1) is 29.9 Å². The SMILES string of the molecule is COc1cc(-c2n[nH]c(-c3nc(C)c(N4CC5(CN(CCS(C)(=O)=O)C5)C4)s3)c2C(C)C)cn2ncnc12. The number of H-pyrrole nitrogens is 1. The zero-order chi connectivity index (χ0) is 26.8. The number of aromatic nitrogens is 6. The number of aryl methyl sites for hydroxylation is 1. The smallest absolute Gasteiger partial charge is 0.197 e. The van der Waals surface area contributed by atoms with Crippen LogP contribution in [0.25, 0.3) is 27.6 Å². The second-order valence-corrected chi connectivity index (χ2v) is 14.2. The Hall–Kier alpha value is -3.03. The number of hydrogen-bond acceptors (Lipinski definition) is 10. The third kappa shape index (κ3) is 4.35. The van der Waals surface area contributed by atoms with Gasteiger partial charge in [0.1, 0.15) is 26.2 Å². The van der Waals surface area contributed by atoms with Gasteiger partial charge in [-0.3, -0.25) is 5.10 Å². The lowest BCUT2D eigenvalue weighted by atomic mass is 9.73. The van der Waals surface area contributed by atoms with Crippen LogP contribution in [-0.4, -0.2) is 94.9 Å². The molecule has 0 saturated carbocycles. The Morgan fingerprint density at radius 2 is 2.00 bits per heavy atom. The maximum absolute atomic E-state index is 11.5. The van der Waals surface area contributed by atoms with E-state index in [4.69, 9.17) is 14.8 Å². The fourth-order valence-electron chi connectivity index (χ4n) is 5.72. The van der Waals surface area contributed by atoms with Gasteiger partial charge in [-0.1, -0.05) is 25.2 Å². The fourth-order valence-corrected chi connectivity index (χ4v) is 7.39. The van der Waals surface area contributed by atoms with Gasteiger partial charge in [-0.2, -0.15) is 10.2 Å². The summed E-state index contributed by atoms with van der Waals surface area (Å²) in [4.78, 5) is 13.9. The highest BCUT2D eigenvalue weighted by Gasteiger charge is 2.52. The van der Waals surface area contributed by atoms with Crippen LogP contribution in [0.4, 0.5) is 5.00 Å². The van der Waals surface area contributed by atoms with E-state index in [0.29, 0.717) is 17.9 Å². The molecule has 6 rings (SSSR count). The summed E-state index contributed by atoms with van der Waals surface area (Å²) in [5.74, 6) is 1.08. The molecule has 0 atom stereocenters. The number of pyridine rings is 1. The van der Waals surface area contributed by atoms with Crippen molar-refractivity contribution in [1.82, 2.24) is 34.7 Å². The molecule has 0 radical (unpaired) electrons. The summed E-state index contributed by atoms with van der Waals surface area (Å²) in [5.41, 5.74) is 5.75. The Balaban J connectivity index is 1.23. The number of likely N-dealkylation sites (tertiary alicyclic amines) is 1. The Labute approximate surface area is 225 Å². The molecule has 2 saturated heterocycles. The minimum atomic E-state index is -2.92. The molecule has 4 aromatic rings. The number of aromatic amines is 1. The molecule has 4 aromatic heterocycles. The van der Waals surface area contributed by atoms with E-state index in [0.717, 1.165) is 59.4 Å². The van der Waals surface area contributed by atoms with Gasteiger partial charge in [0.15, 0.2) is 11.4 Å². The van der Waals surface area contributed by atoms with Crippen LogP contribution in [0.15, 0.2) is 18.6 Å². The van der Waals surface area contributed by atoms with E-state index in [-0.39, 0.29) is 17.1 Å². The third-order valence-corrected chi connectivity index (χ3v) is 9.60. The van der Waals surface area contributed by atoms with E-state index >= 15 is 0 Å².